The van der Waals surface area contributed by atoms with Crippen molar-refractivity contribution in [3.05, 3.63) is 69.7 Å². The number of nitrogens with one attached hydrogen (secondary N) is 1. The summed E-state index contributed by atoms with van der Waals surface area (Å²) in [4.78, 5) is 32.0. The molecule has 2 aromatic heterocycles. The Hall–Kier alpha value is -3.06. The maximum atomic E-state index is 12.9. The van der Waals surface area contributed by atoms with Crippen LogP contribution in [0.15, 0.2) is 53.5 Å². The average Bonchev–Trinajstić information content (AvgIpc) is 2.77. The van der Waals surface area contributed by atoms with Crippen LogP contribution >= 0.6 is 11.6 Å². The maximum Gasteiger partial charge on any atom is 0.263 e. The van der Waals surface area contributed by atoms with Gasteiger partial charge >= 0.3 is 0 Å². The summed E-state index contributed by atoms with van der Waals surface area (Å²) in [6.45, 7) is 4.85. The monoisotopic (exact) mass is 440 g/mol. The van der Waals surface area contributed by atoms with Crippen molar-refractivity contribution in [2.75, 3.05) is 11.4 Å². The molecule has 8 heteroatoms. The summed E-state index contributed by atoms with van der Waals surface area (Å²) >= 11 is 6.00. The normalized spacial score (nSPS) is 15.6. The number of anilines is 1. The van der Waals surface area contributed by atoms with Gasteiger partial charge in [0.15, 0.2) is 6.10 Å². The first-order chi connectivity index (χ1) is 15.0. The molecular weight excluding hydrogens is 416 g/mol. The van der Waals surface area contributed by atoms with Crippen LogP contribution in [0.1, 0.15) is 32.4 Å². The van der Waals surface area contributed by atoms with Crippen LogP contribution in [0.2, 0.25) is 5.02 Å². The van der Waals surface area contributed by atoms with Crippen LogP contribution in [0.3, 0.4) is 0 Å². The van der Waals surface area contributed by atoms with Crippen molar-refractivity contribution in [3.63, 3.8) is 0 Å². The van der Waals surface area contributed by atoms with Gasteiger partial charge in [0, 0.05) is 18.3 Å². The lowest BCUT2D eigenvalue weighted by atomic mass is 10.1. The molecule has 0 bridgehead atoms. The van der Waals surface area contributed by atoms with Crippen LogP contribution in [0, 0.1) is 0 Å². The van der Waals surface area contributed by atoms with Gasteiger partial charge in [-0.2, -0.15) is 0 Å². The van der Waals surface area contributed by atoms with Crippen molar-refractivity contribution in [2.45, 2.75) is 45.4 Å². The fourth-order valence-electron chi connectivity index (χ4n) is 3.78. The van der Waals surface area contributed by atoms with E-state index in [4.69, 9.17) is 16.3 Å². The zero-order chi connectivity index (χ0) is 22.0. The Kier molecular flexibility index (Phi) is 6.13. The van der Waals surface area contributed by atoms with Crippen LogP contribution in [-0.4, -0.2) is 34.0 Å². The smallest absolute Gasteiger partial charge is 0.263 e. The Bertz CT molecular complexity index is 1160. The molecule has 7 nitrogen and oxygen atoms in total. The molecule has 1 amide bonds. The second kappa shape index (κ2) is 8.98. The molecule has 162 valence electrons. The number of fused-ring (bicyclic) bond motifs is 2. The van der Waals surface area contributed by atoms with Gasteiger partial charge < -0.3 is 15.0 Å². The lowest BCUT2D eigenvalue weighted by molar-refractivity contribution is -0.128. The molecule has 3 aromatic rings. The second-order valence-electron chi connectivity index (χ2n) is 7.64. The minimum atomic E-state index is -0.643. The van der Waals surface area contributed by atoms with Crippen LogP contribution in [0.4, 0.5) is 5.69 Å². The van der Waals surface area contributed by atoms with Crippen LogP contribution in [0.5, 0.6) is 5.75 Å². The third-order valence-electron chi connectivity index (χ3n) is 5.52. The number of benzene rings is 1. The summed E-state index contributed by atoms with van der Waals surface area (Å²) < 4.78 is 7.43. The van der Waals surface area contributed by atoms with E-state index in [2.05, 4.69) is 24.1 Å². The minimum absolute atomic E-state index is 0.121. The lowest BCUT2D eigenvalue weighted by Gasteiger charge is -2.36. The van der Waals surface area contributed by atoms with Crippen molar-refractivity contribution in [2.24, 2.45) is 0 Å². The van der Waals surface area contributed by atoms with Gasteiger partial charge in [-0.3, -0.25) is 14.0 Å². The van der Waals surface area contributed by atoms with Crippen molar-refractivity contribution in [1.82, 2.24) is 14.7 Å². The molecule has 1 N–H and O–H groups in total. The first-order valence-corrected chi connectivity index (χ1v) is 10.8. The molecule has 4 rings (SSSR count). The zero-order valence-corrected chi connectivity index (χ0v) is 18.3. The number of aromatic nitrogens is 2. The second-order valence-corrected chi connectivity index (χ2v) is 8.07. The first kappa shape index (κ1) is 21.2. The first-order valence-electron chi connectivity index (χ1n) is 10.5. The summed E-state index contributed by atoms with van der Waals surface area (Å²) in [5.74, 6) is 0.511. The predicted octanol–water partition coefficient (Wildman–Crippen LogP) is 3.42. The number of ether oxygens (including phenoxy) is 1. The number of para-hydroxylation sites is 2. The van der Waals surface area contributed by atoms with E-state index in [0.717, 1.165) is 18.5 Å². The van der Waals surface area contributed by atoms with E-state index in [9.17, 15) is 9.59 Å². The van der Waals surface area contributed by atoms with Gasteiger partial charge in [-0.05, 0) is 37.1 Å². The van der Waals surface area contributed by atoms with Gasteiger partial charge in [-0.25, -0.2) is 4.98 Å². The highest BCUT2D eigenvalue weighted by atomic mass is 35.5. The molecule has 0 fully saturated rings. The van der Waals surface area contributed by atoms with E-state index in [1.165, 1.54) is 10.5 Å². The number of pyridine rings is 1. The number of rotatable bonds is 6. The zero-order valence-electron chi connectivity index (χ0n) is 17.5. The van der Waals surface area contributed by atoms with E-state index in [1.54, 1.807) is 18.3 Å². The van der Waals surface area contributed by atoms with Gasteiger partial charge in [0.2, 0.25) is 0 Å². The van der Waals surface area contributed by atoms with Crippen molar-refractivity contribution >= 4 is 28.8 Å². The largest absolute Gasteiger partial charge is 0.477 e. The fourth-order valence-corrected chi connectivity index (χ4v) is 3.94. The SMILES string of the molecule is CCC(CC)NC(=O)C1CN(Cc2cc(=O)n3cc(Cl)ccc3n2)c2ccccc2O1. The topological polar surface area (TPSA) is 75.9 Å². The molecule has 0 aliphatic carbocycles. The highest BCUT2D eigenvalue weighted by Crippen LogP contribution is 2.34. The molecule has 0 radical (unpaired) electrons. The van der Waals surface area contributed by atoms with E-state index in [0.29, 0.717) is 35.2 Å². The summed E-state index contributed by atoms with van der Waals surface area (Å²) in [7, 11) is 0. The number of halogens is 1. The standard InChI is InChI=1S/C23H25ClN4O3/c1-3-16(4-2)26-23(30)20-14-27(18-7-5-6-8-19(18)31-20)13-17-11-22(29)28-12-15(24)9-10-21(28)25-17/h5-12,16,20H,3-4,13-14H2,1-2H3,(H,26,30). The van der Waals surface area contributed by atoms with Gasteiger partial charge in [0.05, 0.1) is 29.5 Å². The average molecular weight is 441 g/mol. The molecule has 1 aliphatic heterocycles. The highest BCUT2D eigenvalue weighted by Gasteiger charge is 2.31. The molecule has 1 aliphatic rings. The lowest BCUT2D eigenvalue weighted by Crippen LogP contribution is -2.51. The van der Waals surface area contributed by atoms with Crippen molar-refractivity contribution < 1.29 is 9.53 Å². The number of amides is 1. The number of nitrogens with zero attached hydrogens (tertiary/aromatic N) is 3. The molecule has 1 aromatic carbocycles. The molecule has 0 saturated carbocycles. The molecule has 3 heterocycles. The van der Waals surface area contributed by atoms with Gasteiger partial charge in [0.1, 0.15) is 11.4 Å². The number of carbonyl (C=O) groups excluding carboxylic acids is 1. The molecular formula is C23H25ClN4O3. The number of carbonyl (C=O) groups is 1. The van der Waals surface area contributed by atoms with Crippen LogP contribution < -0.4 is 20.5 Å². The van der Waals surface area contributed by atoms with Gasteiger partial charge in [-0.1, -0.05) is 37.6 Å². The Labute approximate surface area is 185 Å². The van der Waals surface area contributed by atoms with E-state index in [1.807, 2.05) is 29.2 Å². The summed E-state index contributed by atoms with van der Waals surface area (Å²) in [5.41, 5.74) is 1.80. The van der Waals surface area contributed by atoms with Crippen molar-refractivity contribution in [3.8, 4) is 5.75 Å². The van der Waals surface area contributed by atoms with Gasteiger partial charge in [0.25, 0.3) is 11.5 Å². The molecule has 0 saturated heterocycles. The molecule has 1 unspecified atom stereocenters. The Morgan fingerprint density at radius 2 is 2.03 bits per heavy atom. The van der Waals surface area contributed by atoms with E-state index >= 15 is 0 Å². The third kappa shape index (κ3) is 4.51. The summed E-state index contributed by atoms with van der Waals surface area (Å²) in [5, 5.41) is 3.54. The molecule has 31 heavy (non-hydrogen) atoms. The summed E-state index contributed by atoms with van der Waals surface area (Å²) in [6, 6.07) is 12.6. The molecule has 0 spiro atoms. The van der Waals surface area contributed by atoms with Crippen LogP contribution in [0.25, 0.3) is 5.65 Å². The van der Waals surface area contributed by atoms with E-state index in [-0.39, 0.29) is 17.5 Å². The van der Waals surface area contributed by atoms with E-state index < -0.39 is 6.10 Å². The fraction of sp³-hybridized carbons (Fsp3) is 0.348. The quantitative estimate of drug-likeness (QED) is 0.635. The maximum absolute atomic E-state index is 12.9. The van der Waals surface area contributed by atoms with Crippen LogP contribution in [-0.2, 0) is 11.3 Å². The van der Waals surface area contributed by atoms with Gasteiger partial charge in [-0.15, -0.1) is 0 Å². The molecule has 1 atom stereocenters. The van der Waals surface area contributed by atoms with Crippen molar-refractivity contribution in [1.29, 1.82) is 0 Å². The third-order valence-corrected chi connectivity index (χ3v) is 5.74. The minimum Gasteiger partial charge on any atom is -0.477 e. The Morgan fingerprint density at radius 1 is 1.26 bits per heavy atom. The Morgan fingerprint density at radius 3 is 2.81 bits per heavy atom. The number of hydrogen-bond acceptors (Lipinski definition) is 5. The highest BCUT2D eigenvalue weighted by molar-refractivity contribution is 6.30. The number of hydrogen-bond donors (Lipinski definition) is 1. The predicted molar refractivity (Wildman–Crippen MR) is 121 cm³/mol. The summed E-state index contributed by atoms with van der Waals surface area (Å²) in [6.07, 6.45) is 2.64. The Balaban J connectivity index is 1.62.